The van der Waals surface area contributed by atoms with Crippen molar-refractivity contribution in [2.45, 2.75) is 44.7 Å². The summed E-state index contributed by atoms with van der Waals surface area (Å²) in [4.78, 5) is 28.0. The summed E-state index contributed by atoms with van der Waals surface area (Å²) in [5.41, 5.74) is 1.26. The van der Waals surface area contributed by atoms with Crippen LogP contribution in [0.2, 0.25) is 0 Å². The van der Waals surface area contributed by atoms with E-state index in [2.05, 4.69) is 10.4 Å². The van der Waals surface area contributed by atoms with Crippen LogP contribution < -0.4 is 15.0 Å². The Morgan fingerprint density at radius 2 is 1.95 bits per heavy atom. The first-order chi connectivity index (χ1) is 17.7. The minimum absolute atomic E-state index is 0.0488. The molecule has 0 unspecified atom stereocenters. The van der Waals surface area contributed by atoms with Crippen LogP contribution >= 0.6 is 0 Å². The fourth-order valence-corrected chi connectivity index (χ4v) is 4.84. The Hall–Kier alpha value is -4.26. The lowest BCUT2D eigenvalue weighted by molar-refractivity contribution is -0.0942. The van der Waals surface area contributed by atoms with Crippen LogP contribution in [0.5, 0.6) is 5.75 Å². The van der Waals surface area contributed by atoms with E-state index in [9.17, 15) is 23.6 Å². The fourth-order valence-electron chi connectivity index (χ4n) is 4.84. The van der Waals surface area contributed by atoms with E-state index in [-0.39, 0.29) is 34.1 Å². The van der Waals surface area contributed by atoms with Gasteiger partial charge in [0.2, 0.25) is 0 Å². The van der Waals surface area contributed by atoms with E-state index in [1.807, 2.05) is 13.0 Å². The molecule has 10 heteroatoms. The standard InChI is InChI=1S/C27H25F2N5O3/c1-16-15-33-24(22(14-31-33)32-25(35)17-6-11-23(37-2)18(12-17)13-30)26(36)34(16)21-9-7-20(8-10-21)27(28,29)19-4-3-5-19/h6-12,14,16,19H,3-5,15H2,1-2H3,(H,32,35)/t16-/m0/s1. The van der Waals surface area contributed by atoms with Gasteiger partial charge in [-0.15, -0.1) is 0 Å². The van der Waals surface area contributed by atoms with E-state index < -0.39 is 23.7 Å². The van der Waals surface area contributed by atoms with Gasteiger partial charge >= 0.3 is 0 Å². The molecule has 190 valence electrons. The van der Waals surface area contributed by atoms with Crippen molar-refractivity contribution in [3.63, 3.8) is 0 Å². The summed E-state index contributed by atoms with van der Waals surface area (Å²) in [7, 11) is 1.43. The van der Waals surface area contributed by atoms with Crippen LogP contribution in [0.1, 0.15) is 58.2 Å². The molecule has 5 rings (SSSR count). The largest absolute Gasteiger partial charge is 0.495 e. The quantitative estimate of drug-likeness (QED) is 0.511. The van der Waals surface area contributed by atoms with Gasteiger partial charge in [-0.05, 0) is 50.1 Å². The van der Waals surface area contributed by atoms with Gasteiger partial charge in [-0.25, -0.2) is 8.78 Å². The van der Waals surface area contributed by atoms with Crippen molar-refractivity contribution in [3.8, 4) is 11.8 Å². The van der Waals surface area contributed by atoms with Gasteiger partial charge in [-0.2, -0.15) is 10.4 Å². The SMILES string of the molecule is COc1ccc(C(=O)Nc2cnn3c2C(=O)N(c2ccc(C(F)(F)C4CCC4)cc2)[C@@H](C)C3)cc1C#N. The van der Waals surface area contributed by atoms with E-state index in [0.29, 0.717) is 30.8 Å². The predicted octanol–water partition coefficient (Wildman–Crippen LogP) is 4.96. The first-order valence-corrected chi connectivity index (χ1v) is 12.0. The molecule has 2 amide bonds. The zero-order valence-electron chi connectivity index (χ0n) is 20.4. The number of carbonyl (C=O) groups is 2. The van der Waals surface area contributed by atoms with Gasteiger partial charge in [0, 0.05) is 22.7 Å². The van der Waals surface area contributed by atoms with E-state index >= 15 is 0 Å². The van der Waals surface area contributed by atoms with Crippen LogP contribution in [0.4, 0.5) is 20.2 Å². The van der Waals surface area contributed by atoms with Crippen LogP contribution in [0.25, 0.3) is 0 Å². The van der Waals surface area contributed by atoms with Gasteiger partial charge in [0.25, 0.3) is 17.7 Å². The number of ether oxygens (including phenoxy) is 1. The molecule has 8 nitrogen and oxygen atoms in total. The molecule has 1 atom stereocenters. The Labute approximate surface area is 212 Å². The number of fused-ring (bicyclic) bond motifs is 1. The van der Waals surface area contributed by atoms with E-state index in [0.717, 1.165) is 6.42 Å². The number of anilines is 2. The van der Waals surface area contributed by atoms with Crippen molar-refractivity contribution in [2.24, 2.45) is 5.92 Å². The molecule has 1 N–H and O–H groups in total. The maximum absolute atomic E-state index is 14.7. The average molecular weight is 506 g/mol. The topological polar surface area (TPSA) is 100 Å². The maximum Gasteiger partial charge on any atom is 0.279 e. The zero-order valence-corrected chi connectivity index (χ0v) is 20.4. The lowest BCUT2D eigenvalue weighted by atomic mass is 9.78. The van der Waals surface area contributed by atoms with Gasteiger partial charge in [-0.3, -0.25) is 14.3 Å². The molecule has 37 heavy (non-hydrogen) atoms. The van der Waals surface area contributed by atoms with Crippen molar-refractivity contribution in [1.82, 2.24) is 9.78 Å². The Morgan fingerprint density at radius 1 is 1.22 bits per heavy atom. The Morgan fingerprint density at radius 3 is 2.57 bits per heavy atom. The van der Waals surface area contributed by atoms with Crippen LogP contribution in [0.3, 0.4) is 0 Å². The highest BCUT2D eigenvalue weighted by Gasteiger charge is 2.44. The number of carbonyl (C=O) groups excluding carboxylic acids is 2. The summed E-state index contributed by atoms with van der Waals surface area (Å²) < 4.78 is 36.1. The summed E-state index contributed by atoms with van der Waals surface area (Å²) in [5, 5.41) is 16.3. The molecule has 1 aromatic heterocycles. The second-order valence-corrected chi connectivity index (χ2v) is 9.39. The molecule has 0 saturated heterocycles. The molecular weight excluding hydrogens is 480 g/mol. The second-order valence-electron chi connectivity index (χ2n) is 9.39. The summed E-state index contributed by atoms with van der Waals surface area (Å²) in [5.74, 6) is -4.10. The Kier molecular flexibility index (Phi) is 6.15. The van der Waals surface area contributed by atoms with E-state index in [1.54, 1.807) is 12.1 Å². The van der Waals surface area contributed by atoms with Crippen molar-refractivity contribution in [2.75, 3.05) is 17.3 Å². The zero-order chi connectivity index (χ0) is 26.3. The lowest BCUT2D eigenvalue weighted by Gasteiger charge is -2.35. The van der Waals surface area contributed by atoms with E-state index in [1.165, 1.54) is 53.2 Å². The molecule has 1 fully saturated rings. The number of alkyl halides is 2. The van der Waals surface area contributed by atoms with Gasteiger partial charge < -0.3 is 15.0 Å². The number of methoxy groups -OCH3 is 1. The van der Waals surface area contributed by atoms with Gasteiger partial charge in [0.15, 0.2) is 0 Å². The van der Waals surface area contributed by atoms with Crippen LogP contribution in [0, 0.1) is 17.2 Å². The van der Waals surface area contributed by atoms with Gasteiger partial charge in [0.05, 0.1) is 37.1 Å². The fraction of sp³-hybridized carbons (Fsp3) is 0.333. The molecule has 2 aliphatic rings. The van der Waals surface area contributed by atoms with Crippen molar-refractivity contribution in [1.29, 1.82) is 5.26 Å². The normalized spacial score (nSPS) is 17.5. The molecule has 1 aliphatic heterocycles. The molecule has 2 aromatic carbocycles. The number of rotatable bonds is 6. The van der Waals surface area contributed by atoms with Gasteiger partial charge in [-0.1, -0.05) is 18.6 Å². The summed E-state index contributed by atoms with van der Waals surface area (Å²) in [6, 6.07) is 12.0. The number of hydrogen-bond acceptors (Lipinski definition) is 5. The number of hydrogen-bond donors (Lipinski definition) is 1. The monoisotopic (exact) mass is 505 g/mol. The molecule has 1 aliphatic carbocycles. The number of aromatic nitrogens is 2. The number of benzene rings is 2. The molecule has 0 bridgehead atoms. The lowest BCUT2D eigenvalue weighted by Crippen LogP contribution is -2.47. The number of halogens is 2. The summed E-state index contributed by atoms with van der Waals surface area (Å²) in [6.45, 7) is 2.20. The minimum Gasteiger partial charge on any atom is -0.495 e. The molecule has 1 saturated carbocycles. The summed E-state index contributed by atoms with van der Waals surface area (Å²) in [6.07, 6.45) is 3.26. The van der Waals surface area contributed by atoms with Crippen LogP contribution in [0.15, 0.2) is 48.7 Å². The average Bonchev–Trinajstić information content (AvgIpc) is 3.24. The van der Waals surface area contributed by atoms with Crippen LogP contribution in [-0.4, -0.2) is 34.7 Å². The van der Waals surface area contributed by atoms with E-state index in [4.69, 9.17) is 4.74 Å². The smallest absolute Gasteiger partial charge is 0.279 e. The van der Waals surface area contributed by atoms with Crippen molar-refractivity contribution in [3.05, 3.63) is 71.0 Å². The number of nitriles is 1. The third kappa shape index (κ3) is 4.20. The maximum atomic E-state index is 14.7. The molecule has 2 heterocycles. The molecular formula is C27H25F2N5O3. The number of nitrogens with zero attached hydrogens (tertiary/aromatic N) is 4. The molecule has 3 aromatic rings. The first-order valence-electron chi connectivity index (χ1n) is 12.0. The molecule has 0 spiro atoms. The highest BCUT2D eigenvalue weighted by Crippen LogP contribution is 2.46. The third-order valence-corrected chi connectivity index (χ3v) is 7.12. The van der Waals surface area contributed by atoms with Crippen molar-refractivity contribution >= 4 is 23.2 Å². The minimum atomic E-state index is -2.89. The van der Waals surface area contributed by atoms with Crippen molar-refractivity contribution < 1.29 is 23.1 Å². The van der Waals surface area contributed by atoms with Gasteiger partial charge in [0.1, 0.15) is 17.5 Å². The Bertz CT molecular complexity index is 1410. The van der Waals surface area contributed by atoms with Crippen LogP contribution in [-0.2, 0) is 12.5 Å². The Balaban J connectivity index is 1.39. The third-order valence-electron chi connectivity index (χ3n) is 7.12. The second kappa shape index (κ2) is 9.32. The summed E-state index contributed by atoms with van der Waals surface area (Å²) >= 11 is 0. The predicted molar refractivity (Wildman–Crippen MR) is 132 cm³/mol. The number of nitrogens with one attached hydrogen (secondary N) is 1. The first kappa shape index (κ1) is 24.4. The number of amides is 2. The highest BCUT2D eigenvalue weighted by atomic mass is 19.3. The molecule has 0 radical (unpaired) electrons. The highest BCUT2D eigenvalue weighted by molar-refractivity contribution is 6.13.